The van der Waals surface area contributed by atoms with E-state index in [0.717, 1.165) is 43.9 Å². The first-order valence-corrected chi connectivity index (χ1v) is 13.2. The summed E-state index contributed by atoms with van der Waals surface area (Å²) in [5, 5.41) is 2.17. The maximum atomic E-state index is 14.0. The Morgan fingerprint density at radius 2 is 2.03 bits per heavy atom. The largest absolute Gasteiger partial charge is 0.372 e. The molecule has 0 unspecified atom stereocenters. The van der Waals surface area contributed by atoms with Gasteiger partial charge in [0.15, 0.2) is 5.16 Å². The first kappa shape index (κ1) is 22.7. The third-order valence-electron chi connectivity index (χ3n) is 6.00. The molecule has 1 aliphatic rings. The highest BCUT2D eigenvalue weighted by Crippen LogP contribution is 2.36. The smallest absolute Gasteiger partial charge is 0.267 e. The van der Waals surface area contributed by atoms with E-state index >= 15 is 0 Å². The summed E-state index contributed by atoms with van der Waals surface area (Å²) in [7, 11) is 0. The minimum absolute atomic E-state index is 0.00566. The lowest BCUT2D eigenvalue weighted by molar-refractivity contribution is 0.00200. The van der Waals surface area contributed by atoms with Crippen LogP contribution in [0.25, 0.3) is 15.9 Å². The quantitative estimate of drug-likeness (QED) is 0.225. The lowest BCUT2D eigenvalue weighted by Gasteiger charge is -2.26. The standard InChI is InChI=1S/C26H25ClN2O2S2/c1-15(2)21-12-20-22(13-31-21)33-24-23(20)25(30)29(19-6-4-5-16(3)11-19)26(28-24)32-14-17-7-9-18(27)10-8-17/h4-11,15,21H,12-14H2,1-3H3/t21-/m1/s1. The second kappa shape index (κ2) is 9.26. The van der Waals surface area contributed by atoms with E-state index in [4.69, 9.17) is 21.3 Å². The van der Waals surface area contributed by atoms with Crippen LogP contribution in [0, 0.1) is 12.8 Å². The zero-order valence-corrected chi connectivity index (χ0v) is 21.2. The zero-order chi connectivity index (χ0) is 23.1. The van der Waals surface area contributed by atoms with Gasteiger partial charge in [-0.25, -0.2) is 4.98 Å². The van der Waals surface area contributed by atoms with Gasteiger partial charge in [-0.2, -0.15) is 0 Å². The number of fused-ring (bicyclic) bond motifs is 3. The SMILES string of the molecule is Cc1cccc(-n2c(SCc3ccc(Cl)cc3)nc3sc4c(c3c2=O)C[C@H](C(C)C)OC4)c1. The summed E-state index contributed by atoms with van der Waals surface area (Å²) in [5.41, 5.74) is 4.21. The molecule has 0 saturated heterocycles. The molecule has 0 spiro atoms. The van der Waals surface area contributed by atoms with Gasteiger partial charge in [-0.1, -0.05) is 61.5 Å². The summed E-state index contributed by atoms with van der Waals surface area (Å²) >= 11 is 9.20. The van der Waals surface area contributed by atoms with Crippen molar-refractivity contribution in [2.45, 2.75) is 50.8 Å². The Kier molecular flexibility index (Phi) is 6.36. The maximum Gasteiger partial charge on any atom is 0.267 e. The number of hydrogen-bond donors (Lipinski definition) is 0. The molecule has 170 valence electrons. The van der Waals surface area contributed by atoms with Crippen molar-refractivity contribution in [2.75, 3.05) is 0 Å². The van der Waals surface area contributed by atoms with Gasteiger partial charge in [0.25, 0.3) is 5.56 Å². The van der Waals surface area contributed by atoms with Gasteiger partial charge in [0.05, 0.1) is 23.8 Å². The second-order valence-electron chi connectivity index (χ2n) is 8.77. The van der Waals surface area contributed by atoms with Crippen molar-refractivity contribution >= 4 is 44.9 Å². The van der Waals surface area contributed by atoms with E-state index in [2.05, 4.69) is 13.8 Å². The Morgan fingerprint density at radius 3 is 2.76 bits per heavy atom. The fourth-order valence-corrected chi connectivity index (χ4v) is 6.42. The van der Waals surface area contributed by atoms with Gasteiger partial charge in [-0.3, -0.25) is 9.36 Å². The second-order valence-corrected chi connectivity index (χ2v) is 11.2. The molecule has 2 aromatic heterocycles. The van der Waals surface area contributed by atoms with Gasteiger partial charge in [0.1, 0.15) is 4.83 Å². The van der Waals surface area contributed by atoms with Crippen LogP contribution in [-0.2, 0) is 23.5 Å². The highest BCUT2D eigenvalue weighted by atomic mass is 35.5. The van der Waals surface area contributed by atoms with Gasteiger partial charge < -0.3 is 4.74 Å². The van der Waals surface area contributed by atoms with Gasteiger partial charge in [0, 0.05) is 22.1 Å². The zero-order valence-electron chi connectivity index (χ0n) is 18.8. The highest BCUT2D eigenvalue weighted by Gasteiger charge is 2.28. The topological polar surface area (TPSA) is 44.1 Å². The molecule has 7 heteroatoms. The van der Waals surface area contributed by atoms with Crippen LogP contribution in [0.1, 0.15) is 35.4 Å². The molecule has 5 rings (SSSR count). The highest BCUT2D eigenvalue weighted by molar-refractivity contribution is 7.98. The van der Waals surface area contributed by atoms with Crippen molar-refractivity contribution < 1.29 is 4.74 Å². The summed E-state index contributed by atoms with van der Waals surface area (Å²) in [5.74, 6) is 1.10. The monoisotopic (exact) mass is 496 g/mol. The van der Waals surface area contributed by atoms with Crippen molar-refractivity contribution in [1.29, 1.82) is 0 Å². The molecule has 0 N–H and O–H groups in total. The molecule has 0 saturated carbocycles. The van der Waals surface area contributed by atoms with Crippen LogP contribution in [0.2, 0.25) is 5.02 Å². The Hall–Kier alpha value is -2.12. The molecule has 33 heavy (non-hydrogen) atoms. The van der Waals surface area contributed by atoms with E-state index in [9.17, 15) is 4.79 Å². The molecule has 4 aromatic rings. The van der Waals surface area contributed by atoms with E-state index in [-0.39, 0.29) is 11.7 Å². The molecule has 1 aliphatic heterocycles. The first-order valence-electron chi connectivity index (χ1n) is 11.0. The molecular formula is C26H25ClN2O2S2. The predicted molar refractivity (Wildman–Crippen MR) is 138 cm³/mol. The number of ether oxygens (including phenoxy) is 1. The average Bonchev–Trinajstić information content (AvgIpc) is 3.16. The van der Waals surface area contributed by atoms with Gasteiger partial charge >= 0.3 is 0 Å². The number of halogens is 1. The number of aryl methyl sites for hydroxylation is 1. The summed E-state index contributed by atoms with van der Waals surface area (Å²) in [6.45, 7) is 6.92. The number of benzene rings is 2. The van der Waals surface area contributed by atoms with Crippen molar-refractivity contribution in [3.63, 3.8) is 0 Å². The molecule has 0 aliphatic carbocycles. The molecule has 0 amide bonds. The Bertz CT molecular complexity index is 1380. The maximum absolute atomic E-state index is 14.0. The molecule has 3 heterocycles. The fourth-order valence-electron chi connectivity index (χ4n) is 4.16. The van der Waals surface area contributed by atoms with Crippen molar-refractivity contribution in [3.8, 4) is 5.69 Å². The molecule has 2 aromatic carbocycles. The van der Waals surface area contributed by atoms with Crippen LogP contribution in [0.3, 0.4) is 0 Å². The average molecular weight is 497 g/mol. The third-order valence-corrected chi connectivity index (χ3v) is 8.36. The van der Waals surface area contributed by atoms with Crippen LogP contribution < -0.4 is 5.56 Å². The van der Waals surface area contributed by atoms with Crippen LogP contribution in [-0.4, -0.2) is 15.7 Å². The van der Waals surface area contributed by atoms with Crippen molar-refractivity contribution in [3.05, 3.63) is 85.5 Å². The first-order chi connectivity index (χ1) is 15.9. The van der Waals surface area contributed by atoms with Crippen LogP contribution >= 0.6 is 34.7 Å². The van der Waals surface area contributed by atoms with E-state index < -0.39 is 0 Å². The van der Waals surface area contributed by atoms with Crippen LogP contribution in [0.5, 0.6) is 0 Å². The van der Waals surface area contributed by atoms with Gasteiger partial charge in [-0.05, 0) is 53.8 Å². The van der Waals surface area contributed by atoms with E-state index in [1.54, 1.807) is 27.7 Å². The normalized spacial score (nSPS) is 15.8. The van der Waals surface area contributed by atoms with Crippen LogP contribution in [0.4, 0.5) is 0 Å². The molecule has 4 nitrogen and oxygen atoms in total. The molecule has 0 radical (unpaired) electrons. The summed E-state index contributed by atoms with van der Waals surface area (Å²) in [6, 6.07) is 15.8. The number of rotatable bonds is 5. The number of hydrogen-bond acceptors (Lipinski definition) is 5. The van der Waals surface area contributed by atoms with E-state index in [1.165, 1.54) is 0 Å². The van der Waals surface area contributed by atoms with Crippen LogP contribution in [0.15, 0.2) is 58.5 Å². The number of thioether (sulfide) groups is 1. The predicted octanol–water partition coefficient (Wildman–Crippen LogP) is 6.80. The summed E-state index contributed by atoms with van der Waals surface area (Å²) < 4.78 is 7.85. The van der Waals surface area contributed by atoms with E-state index in [1.807, 2.05) is 55.5 Å². The molecule has 0 fully saturated rings. The van der Waals surface area contributed by atoms with Gasteiger partial charge in [-0.15, -0.1) is 11.3 Å². The lowest BCUT2D eigenvalue weighted by Crippen LogP contribution is -2.28. The molecule has 1 atom stereocenters. The van der Waals surface area contributed by atoms with E-state index in [0.29, 0.717) is 28.5 Å². The number of nitrogens with zero attached hydrogens (tertiary/aromatic N) is 2. The van der Waals surface area contributed by atoms with Gasteiger partial charge in [0.2, 0.25) is 0 Å². The summed E-state index contributed by atoms with van der Waals surface area (Å²) in [4.78, 5) is 20.9. The molecule has 0 bridgehead atoms. The minimum atomic E-state index is 0.00566. The molecular weight excluding hydrogens is 472 g/mol. The third kappa shape index (κ3) is 4.50. The minimum Gasteiger partial charge on any atom is -0.372 e. The number of thiophene rings is 1. The van der Waals surface area contributed by atoms with Crippen molar-refractivity contribution in [1.82, 2.24) is 9.55 Å². The summed E-state index contributed by atoms with van der Waals surface area (Å²) in [6.07, 6.45) is 0.885. The lowest BCUT2D eigenvalue weighted by atomic mass is 9.96. The van der Waals surface area contributed by atoms with Crippen molar-refractivity contribution in [2.24, 2.45) is 5.92 Å². The number of aromatic nitrogens is 2. The Balaban J connectivity index is 1.65. The Morgan fingerprint density at radius 1 is 1.24 bits per heavy atom. The fraction of sp³-hybridized carbons (Fsp3) is 0.308. The Labute approximate surface area is 206 Å².